The summed E-state index contributed by atoms with van der Waals surface area (Å²) in [5.41, 5.74) is 2.10. The molecular weight excluding hydrogens is 191 g/mol. The van der Waals surface area contributed by atoms with Gasteiger partial charge in [0, 0.05) is 10.9 Å². The van der Waals surface area contributed by atoms with Crippen molar-refractivity contribution in [3.05, 3.63) is 29.2 Å². The Labute approximate surface area is 88.5 Å². The van der Waals surface area contributed by atoms with E-state index in [9.17, 15) is 4.39 Å². The molecule has 3 heteroatoms. The fraction of sp³-hybridized carbons (Fsp3) is 0.417. The Bertz CT molecular complexity index is 506. The van der Waals surface area contributed by atoms with Crippen LogP contribution in [0.1, 0.15) is 31.9 Å². The van der Waals surface area contributed by atoms with Gasteiger partial charge in [-0.1, -0.05) is 20.8 Å². The highest BCUT2D eigenvalue weighted by atomic mass is 19.1. The average Bonchev–Trinajstić information content (AvgIpc) is 2.50. The SMILES string of the molecule is Cc1cc2[nH]ncc2c(C(C)(C)C)c1F. The molecular formula is C12H15FN2. The maximum atomic E-state index is 14.1. The van der Waals surface area contributed by atoms with E-state index in [2.05, 4.69) is 10.2 Å². The Morgan fingerprint density at radius 3 is 2.60 bits per heavy atom. The Kier molecular flexibility index (Phi) is 2.07. The number of aryl methyl sites for hydroxylation is 1. The molecule has 1 N–H and O–H groups in total. The fourth-order valence-corrected chi connectivity index (χ4v) is 1.93. The molecule has 0 fully saturated rings. The standard InChI is InChI=1S/C12H15FN2/c1-7-5-9-8(6-14-15-9)10(11(7)13)12(2,3)4/h5-6H,1-4H3,(H,14,15). The minimum absolute atomic E-state index is 0.114. The quantitative estimate of drug-likeness (QED) is 0.703. The molecule has 0 aliphatic rings. The number of hydrogen-bond donors (Lipinski definition) is 1. The number of nitrogens with one attached hydrogen (secondary N) is 1. The van der Waals surface area contributed by atoms with Crippen molar-refractivity contribution in [1.82, 2.24) is 10.2 Å². The van der Waals surface area contributed by atoms with Crippen LogP contribution in [0.25, 0.3) is 10.9 Å². The third kappa shape index (κ3) is 1.52. The highest BCUT2D eigenvalue weighted by molar-refractivity contribution is 5.83. The van der Waals surface area contributed by atoms with Crippen LogP contribution in [0.15, 0.2) is 12.3 Å². The third-order valence-electron chi connectivity index (χ3n) is 2.61. The molecule has 0 spiro atoms. The van der Waals surface area contributed by atoms with Gasteiger partial charge in [-0.15, -0.1) is 0 Å². The predicted octanol–water partition coefficient (Wildman–Crippen LogP) is 3.31. The highest BCUT2D eigenvalue weighted by Crippen LogP contribution is 2.33. The first-order valence-corrected chi connectivity index (χ1v) is 5.04. The van der Waals surface area contributed by atoms with Gasteiger partial charge in [0.25, 0.3) is 0 Å². The van der Waals surface area contributed by atoms with Gasteiger partial charge in [0.15, 0.2) is 0 Å². The molecule has 0 atom stereocenters. The predicted molar refractivity (Wildman–Crippen MR) is 59.5 cm³/mol. The number of benzene rings is 1. The second-order valence-electron chi connectivity index (χ2n) is 4.96. The lowest BCUT2D eigenvalue weighted by atomic mass is 9.83. The summed E-state index contributed by atoms with van der Waals surface area (Å²) < 4.78 is 14.1. The lowest BCUT2D eigenvalue weighted by Crippen LogP contribution is -2.14. The molecule has 2 aromatic rings. The first kappa shape index (κ1) is 10.1. The molecule has 1 aromatic heterocycles. The molecule has 15 heavy (non-hydrogen) atoms. The van der Waals surface area contributed by atoms with Crippen molar-refractivity contribution in [1.29, 1.82) is 0 Å². The molecule has 0 aliphatic carbocycles. The van der Waals surface area contributed by atoms with E-state index >= 15 is 0 Å². The molecule has 1 heterocycles. The van der Waals surface area contributed by atoms with Crippen molar-refractivity contribution in [2.75, 3.05) is 0 Å². The van der Waals surface area contributed by atoms with Gasteiger partial charge in [0.1, 0.15) is 5.82 Å². The van der Waals surface area contributed by atoms with E-state index < -0.39 is 0 Å². The van der Waals surface area contributed by atoms with Crippen LogP contribution in [0.4, 0.5) is 4.39 Å². The van der Waals surface area contributed by atoms with Crippen molar-refractivity contribution in [3.63, 3.8) is 0 Å². The van der Waals surface area contributed by atoms with Crippen LogP contribution in [-0.2, 0) is 5.41 Å². The lowest BCUT2D eigenvalue weighted by molar-refractivity contribution is 0.524. The van der Waals surface area contributed by atoms with Crippen molar-refractivity contribution in [2.45, 2.75) is 33.1 Å². The van der Waals surface area contributed by atoms with Crippen LogP contribution >= 0.6 is 0 Å². The summed E-state index contributed by atoms with van der Waals surface area (Å²) >= 11 is 0. The molecule has 2 rings (SSSR count). The second-order valence-corrected chi connectivity index (χ2v) is 4.96. The number of aromatic amines is 1. The summed E-state index contributed by atoms with van der Waals surface area (Å²) in [5, 5.41) is 7.73. The van der Waals surface area contributed by atoms with Gasteiger partial charge in [-0.2, -0.15) is 5.10 Å². The summed E-state index contributed by atoms with van der Waals surface area (Å²) in [5.74, 6) is -0.114. The second kappa shape index (κ2) is 3.05. The van der Waals surface area contributed by atoms with Crippen LogP contribution in [-0.4, -0.2) is 10.2 Å². The Morgan fingerprint density at radius 1 is 1.33 bits per heavy atom. The van der Waals surface area contributed by atoms with E-state index in [0.29, 0.717) is 5.56 Å². The number of H-pyrrole nitrogens is 1. The number of aromatic nitrogens is 2. The van der Waals surface area contributed by atoms with Gasteiger partial charge in [0.05, 0.1) is 11.7 Å². The third-order valence-corrected chi connectivity index (χ3v) is 2.61. The Morgan fingerprint density at radius 2 is 2.00 bits per heavy atom. The van der Waals surface area contributed by atoms with Crippen LogP contribution in [0.5, 0.6) is 0 Å². The molecule has 2 nitrogen and oxygen atoms in total. The van der Waals surface area contributed by atoms with E-state index in [-0.39, 0.29) is 11.2 Å². The molecule has 0 amide bonds. The summed E-state index contributed by atoms with van der Waals surface area (Å²) in [7, 11) is 0. The highest BCUT2D eigenvalue weighted by Gasteiger charge is 2.23. The monoisotopic (exact) mass is 206 g/mol. The normalized spacial score (nSPS) is 12.3. The molecule has 0 aliphatic heterocycles. The van der Waals surface area contributed by atoms with Crippen molar-refractivity contribution < 1.29 is 4.39 Å². The van der Waals surface area contributed by atoms with Crippen LogP contribution in [0.2, 0.25) is 0 Å². The maximum Gasteiger partial charge on any atom is 0.130 e. The minimum Gasteiger partial charge on any atom is -0.278 e. The number of rotatable bonds is 0. The molecule has 0 radical (unpaired) electrons. The van der Waals surface area contributed by atoms with Crippen molar-refractivity contribution >= 4 is 10.9 Å². The van der Waals surface area contributed by atoms with Crippen LogP contribution in [0, 0.1) is 12.7 Å². The smallest absolute Gasteiger partial charge is 0.130 e. The molecule has 0 bridgehead atoms. The van der Waals surface area contributed by atoms with Crippen molar-refractivity contribution in [3.8, 4) is 0 Å². The Hall–Kier alpha value is -1.38. The van der Waals surface area contributed by atoms with E-state index in [1.165, 1.54) is 0 Å². The molecule has 0 saturated heterocycles. The average molecular weight is 206 g/mol. The van der Waals surface area contributed by atoms with Gasteiger partial charge < -0.3 is 0 Å². The molecule has 0 unspecified atom stereocenters. The first-order chi connectivity index (χ1) is 6.91. The number of fused-ring (bicyclic) bond motifs is 1. The summed E-state index contributed by atoms with van der Waals surface area (Å²) in [6.07, 6.45) is 1.69. The van der Waals surface area contributed by atoms with E-state index in [4.69, 9.17) is 0 Å². The van der Waals surface area contributed by atoms with Gasteiger partial charge in [-0.3, -0.25) is 5.10 Å². The lowest BCUT2D eigenvalue weighted by Gasteiger charge is -2.21. The molecule has 0 saturated carbocycles. The summed E-state index contributed by atoms with van der Waals surface area (Å²) in [4.78, 5) is 0. The summed E-state index contributed by atoms with van der Waals surface area (Å²) in [6, 6.07) is 1.80. The van der Waals surface area contributed by atoms with E-state index in [0.717, 1.165) is 16.5 Å². The van der Waals surface area contributed by atoms with Gasteiger partial charge in [-0.05, 0) is 24.0 Å². The zero-order chi connectivity index (χ0) is 11.2. The van der Waals surface area contributed by atoms with E-state index in [1.807, 2.05) is 20.8 Å². The molecule has 1 aromatic carbocycles. The maximum absolute atomic E-state index is 14.1. The zero-order valence-corrected chi connectivity index (χ0v) is 9.48. The fourth-order valence-electron chi connectivity index (χ4n) is 1.93. The summed E-state index contributed by atoms with van der Waals surface area (Å²) in [6.45, 7) is 7.82. The molecule has 80 valence electrons. The first-order valence-electron chi connectivity index (χ1n) is 5.04. The number of nitrogens with zero attached hydrogens (tertiary/aromatic N) is 1. The Balaban J connectivity index is 2.90. The zero-order valence-electron chi connectivity index (χ0n) is 9.48. The van der Waals surface area contributed by atoms with Gasteiger partial charge in [-0.25, -0.2) is 4.39 Å². The minimum atomic E-state index is -0.210. The van der Waals surface area contributed by atoms with Crippen LogP contribution < -0.4 is 0 Å². The van der Waals surface area contributed by atoms with E-state index in [1.54, 1.807) is 19.2 Å². The topological polar surface area (TPSA) is 28.7 Å². The largest absolute Gasteiger partial charge is 0.278 e. The number of hydrogen-bond acceptors (Lipinski definition) is 1. The van der Waals surface area contributed by atoms with Crippen molar-refractivity contribution in [2.24, 2.45) is 0 Å². The van der Waals surface area contributed by atoms with Gasteiger partial charge in [0.2, 0.25) is 0 Å². The van der Waals surface area contributed by atoms with Gasteiger partial charge >= 0.3 is 0 Å². The van der Waals surface area contributed by atoms with Crippen LogP contribution in [0.3, 0.4) is 0 Å². The number of halogens is 1.